The lowest BCUT2D eigenvalue weighted by atomic mass is 10.1. The Balaban J connectivity index is 2.10. The number of methoxy groups -OCH3 is 1. The van der Waals surface area contributed by atoms with Crippen LogP contribution in [-0.4, -0.2) is 43.5 Å². The summed E-state index contributed by atoms with van der Waals surface area (Å²) in [4.78, 5) is 17.0. The number of amides is 1. The van der Waals surface area contributed by atoms with Gasteiger partial charge in [-0.1, -0.05) is 0 Å². The molecule has 27 heavy (non-hydrogen) atoms. The van der Waals surface area contributed by atoms with Crippen molar-refractivity contribution in [2.24, 2.45) is 0 Å². The van der Waals surface area contributed by atoms with Gasteiger partial charge in [-0.15, -0.1) is 10.2 Å². The average Bonchev–Trinajstić information content (AvgIpc) is 3.06. The summed E-state index contributed by atoms with van der Waals surface area (Å²) in [5, 5.41) is 15.5. The average molecular weight is 366 g/mol. The number of nitrogens with zero attached hydrogens (tertiary/aromatic N) is 5. The van der Waals surface area contributed by atoms with Gasteiger partial charge in [0, 0.05) is 17.8 Å². The molecule has 0 fully saturated rings. The Hall–Kier alpha value is -3.29. The second-order valence-corrected chi connectivity index (χ2v) is 7.18. The third kappa shape index (κ3) is 4.28. The van der Waals surface area contributed by atoms with E-state index >= 15 is 0 Å². The lowest BCUT2D eigenvalue weighted by Gasteiger charge is -2.19. The smallest absolute Gasteiger partial charge is 0.272 e. The van der Waals surface area contributed by atoms with Gasteiger partial charge in [0.2, 0.25) is 5.88 Å². The molecule has 0 aliphatic rings. The summed E-state index contributed by atoms with van der Waals surface area (Å²) in [7, 11) is 1.52. The van der Waals surface area contributed by atoms with Gasteiger partial charge in [-0.25, -0.2) is 4.68 Å². The van der Waals surface area contributed by atoms with Crippen molar-refractivity contribution in [3.05, 3.63) is 47.8 Å². The molecule has 8 heteroatoms. The van der Waals surface area contributed by atoms with Crippen LogP contribution in [0.5, 0.6) is 5.88 Å². The molecule has 0 saturated heterocycles. The highest BCUT2D eigenvalue weighted by molar-refractivity contribution is 5.94. The first kappa shape index (κ1) is 18.5. The SMILES string of the molecule is COc1ccc(-n2nc(C(=O)NC(C)(C)C)cc2-c2cc(C)ccn2)nn1. The number of carbonyl (C=O) groups excluding carboxylic acids is 1. The van der Waals surface area contributed by atoms with Crippen molar-refractivity contribution in [3.8, 4) is 23.1 Å². The highest BCUT2D eigenvalue weighted by Crippen LogP contribution is 2.23. The molecular weight excluding hydrogens is 344 g/mol. The van der Waals surface area contributed by atoms with Gasteiger partial charge in [0.05, 0.1) is 18.5 Å². The van der Waals surface area contributed by atoms with Crippen LogP contribution in [-0.2, 0) is 0 Å². The molecule has 3 aromatic rings. The van der Waals surface area contributed by atoms with Crippen LogP contribution in [0.4, 0.5) is 0 Å². The van der Waals surface area contributed by atoms with Crippen molar-refractivity contribution in [2.45, 2.75) is 33.2 Å². The van der Waals surface area contributed by atoms with E-state index in [0.717, 1.165) is 5.56 Å². The molecule has 1 N–H and O–H groups in total. The van der Waals surface area contributed by atoms with Gasteiger partial charge in [-0.05, 0) is 57.5 Å². The van der Waals surface area contributed by atoms with Gasteiger partial charge < -0.3 is 10.1 Å². The Bertz CT molecular complexity index is 957. The highest BCUT2D eigenvalue weighted by Gasteiger charge is 2.21. The molecule has 3 rings (SSSR count). The van der Waals surface area contributed by atoms with Crippen LogP contribution in [0.15, 0.2) is 36.5 Å². The lowest BCUT2D eigenvalue weighted by Crippen LogP contribution is -2.40. The van der Waals surface area contributed by atoms with Gasteiger partial charge in [0.15, 0.2) is 11.5 Å². The van der Waals surface area contributed by atoms with Crippen molar-refractivity contribution >= 4 is 5.91 Å². The van der Waals surface area contributed by atoms with Crippen LogP contribution in [0.25, 0.3) is 17.2 Å². The highest BCUT2D eigenvalue weighted by atomic mass is 16.5. The summed E-state index contributed by atoms with van der Waals surface area (Å²) in [6, 6.07) is 8.95. The van der Waals surface area contributed by atoms with E-state index in [1.165, 1.54) is 7.11 Å². The summed E-state index contributed by atoms with van der Waals surface area (Å²) >= 11 is 0. The number of aromatic nitrogens is 5. The minimum atomic E-state index is -0.372. The molecule has 0 radical (unpaired) electrons. The zero-order valence-electron chi connectivity index (χ0n) is 16.0. The van der Waals surface area contributed by atoms with Crippen molar-refractivity contribution in [3.63, 3.8) is 0 Å². The number of rotatable bonds is 4. The van der Waals surface area contributed by atoms with E-state index < -0.39 is 0 Å². The van der Waals surface area contributed by atoms with E-state index in [2.05, 4.69) is 25.6 Å². The van der Waals surface area contributed by atoms with Gasteiger partial charge in [0.25, 0.3) is 5.91 Å². The fourth-order valence-corrected chi connectivity index (χ4v) is 2.46. The normalized spacial score (nSPS) is 11.3. The maximum Gasteiger partial charge on any atom is 0.272 e. The van der Waals surface area contributed by atoms with Crippen molar-refractivity contribution < 1.29 is 9.53 Å². The number of hydrogen-bond acceptors (Lipinski definition) is 6. The maximum absolute atomic E-state index is 12.6. The lowest BCUT2D eigenvalue weighted by molar-refractivity contribution is 0.0914. The zero-order valence-corrected chi connectivity index (χ0v) is 16.0. The quantitative estimate of drug-likeness (QED) is 0.762. The molecule has 0 aromatic carbocycles. The van der Waals surface area contributed by atoms with E-state index in [1.807, 2.05) is 39.8 Å². The number of nitrogens with one attached hydrogen (secondary N) is 1. The Kier molecular flexibility index (Phi) is 4.89. The van der Waals surface area contributed by atoms with Crippen LogP contribution >= 0.6 is 0 Å². The van der Waals surface area contributed by atoms with Crippen LogP contribution in [0.2, 0.25) is 0 Å². The van der Waals surface area contributed by atoms with Crippen LogP contribution < -0.4 is 10.1 Å². The zero-order chi connectivity index (χ0) is 19.6. The van der Waals surface area contributed by atoms with Crippen molar-refractivity contribution in [1.29, 1.82) is 0 Å². The minimum Gasteiger partial charge on any atom is -0.480 e. The standard InChI is InChI=1S/C19H22N6O2/c1-12-8-9-20-13(10-12)15-11-14(18(26)21-19(2,3)4)24-25(15)16-6-7-17(27-5)23-22-16/h6-11H,1-5H3,(H,21,26). The minimum absolute atomic E-state index is 0.267. The predicted molar refractivity (Wildman–Crippen MR) is 101 cm³/mol. The summed E-state index contributed by atoms with van der Waals surface area (Å²) in [5.74, 6) is 0.590. The Morgan fingerprint density at radius 1 is 1.15 bits per heavy atom. The van der Waals surface area contributed by atoms with E-state index in [4.69, 9.17) is 4.74 Å². The summed E-state index contributed by atoms with van der Waals surface area (Å²) in [6.07, 6.45) is 1.72. The van der Waals surface area contributed by atoms with Crippen LogP contribution in [0.1, 0.15) is 36.8 Å². The van der Waals surface area contributed by atoms with E-state index in [-0.39, 0.29) is 17.1 Å². The largest absolute Gasteiger partial charge is 0.480 e. The molecule has 0 bridgehead atoms. The van der Waals surface area contributed by atoms with E-state index in [9.17, 15) is 4.79 Å². The van der Waals surface area contributed by atoms with Gasteiger partial charge in [0.1, 0.15) is 0 Å². The summed E-state index contributed by atoms with van der Waals surface area (Å²) in [5.41, 5.74) is 2.30. The third-order valence-corrected chi connectivity index (χ3v) is 3.66. The first-order valence-corrected chi connectivity index (χ1v) is 8.50. The second kappa shape index (κ2) is 7.14. The molecule has 8 nitrogen and oxygen atoms in total. The molecule has 0 aliphatic heterocycles. The number of aryl methyl sites for hydroxylation is 1. The van der Waals surface area contributed by atoms with E-state index in [1.54, 1.807) is 29.1 Å². The molecule has 1 amide bonds. The first-order chi connectivity index (χ1) is 12.8. The molecule has 0 aliphatic carbocycles. The fraction of sp³-hybridized carbons (Fsp3) is 0.316. The van der Waals surface area contributed by atoms with Crippen molar-refractivity contribution in [1.82, 2.24) is 30.3 Å². The molecule has 0 unspecified atom stereocenters. The Labute approximate surface area is 157 Å². The van der Waals surface area contributed by atoms with Gasteiger partial charge in [-0.2, -0.15) is 5.10 Å². The Morgan fingerprint density at radius 3 is 2.52 bits per heavy atom. The first-order valence-electron chi connectivity index (χ1n) is 8.50. The monoisotopic (exact) mass is 366 g/mol. The molecule has 0 spiro atoms. The van der Waals surface area contributed by atoms with Gasteiger partial charge >= 0.3 is 0 Å². The number of ether oxygens (including phenoxy) is 1. The van der Waals surface area contributed by atoms with E-state index in [0.29, 0.717) is 23.1 Å². The van der Waals surface area contributed by atoms with Crippen LogP contribution in [0, 0.1) is 6.92 Å². The summed E-state index contributed by atoms with van der Waals surface area (Å²) in [6.45, 7) is 7.73. The molecule has 3 aromatic heterocycles. The molecular formula is C19H22N6O2. The molecule has 140 valence electrons. The predicted octanol–water partition coefficient (Wildman–Crippen LogP) is 2.57. The molecule has 3 heterocycles. The number of carbonyl (C=O) groups is 1. The number of hydrogen-bond donors (Lipinski definition) is 1. The Morgan fingerprint density at radius 2 is 1.93 bits per heavy atom. The van der Waals surface area contributed by atoms with Crippen molar-refractivity contribution in [2.75, 3.05) is 7.11 Å². The molecule has 0 atom stereocenters. The topological polar surface area (TPSA) is 94.8 Å². The third-order valence-electron chi connectivity index (χ3n) is 3.66. The van der Waals surface area contributed by atoms with Crippen LogP contribution in [0.3, 0.4) is 0 Å². The summed E-state index contributed by atoms with van der Waals surface area (Å²) < 4.78 is 6.62. The second-order valence-electron chi connectivity index (χ2n) is 7.18. The number of pyridine rings is 1. The van der Waals surface area contributed by atoms with Gasteiger partial charge in [-0.3, -0.25) is 9.78 Å². The fourth-order valence-electron chi connectivity index (χ4n) is 2.46. The molecule has 0 saturated carbocycles. The maximum atomic E-state index is 12.6.